The highest BCUT2D eigenvalue weighted by Crippen LogP contribution is 2.09. The van der Waals surface area contributed by atoms with Gasteiger partial charge in [0.1, 0.15) is 0 Å². The minimum Gasteiger partial charge on any atom is -0.481 e. The van der Waals surface area contributed by atoms with Crippen LogP contribution in [0.1, 0.15) is 31.4 Å². The maximum Gasteiger partial charge on any atom is 0.315 e. The summed E-state index contributed by atoms with van der Waals surface area (Å²) < 4.78 is 0. The van der Waals surface area contributed by atoms with Crippen LogP contribution in [0.4, 0.5) is 4.79 Å². The van der Waals surface area contributed by atoms with Crippen molar-refractivity contribution in [2.24, 2.45) is 0 Å². The number of carboxylic acid groups (broad SMARTS) is 1. The van der Waals surface area contributed by atoms with Crippen molar-refractivity contribution in [3.63, 3.8) is 0 Å². The van der Waals surface area contributed by atoms with Crippen LogP contribution in [-0.4, -0.2) is 23.1 Å². The molecule has 19 heavy (non-hydrogen) atoms. The van der Waals surface area contributed by atoms with Crippen LogP contribution in [-0.2, 0) is 17.8 Å². The number of hydrogen-bond acceptors (Lipinski definition) is 2. The second-order valence-corrected chi connectivity index (χ2v) is 4.48. The van der Waals surface area contributed by atoms with E-state index in [0.717, 1.165) is 17.5 Å². The highest BCUT2D eigenvalue weighted by atomic mass is 16.4. The Balaban J connectivity index is 2.57. The summed E-state index contributed by atoms with van der Waals surface area (Å²) in [5.74, 6) is -0.878. The zero-order valence-corrected chi connectivity index (χ0v) is 11.3. The normalized spacial score (nSPS) is 11.7. The van der Waals surface area contributed by atoms with Gasteiger partial charge in [0.15, 0.2) is 0 Å². The minimum absolute atomic E-state index is 0.0369. The van der Waals surface area contributed by atoms with Crippen LogP contribution in [0.15, 0.2) is 24.3 Å². The molecule has 0 radical (unpaired) electrons. The average Bonchev–Trinajstić information content (AvgIpc) is 2.37. The number of carbonyl (C=O) groups is 2. The standard InChI is InChI=1S/C14H20N2O3/c1-3-10(2)16-14(19)15-9-12-7-5-4-6-11(12)8-13(17)18/h4-7,10H,3,8-9H2,1-2H3,(H,17,18)(H2,15,16,19). The van der Waals surface area contributed by atoms with E-state index in [4.69, 9.17) is 5.11 Å². The summed E-state index contributed by atoms with van der Waals surface area (Å²) >= 11 is 0. The Morgan fingerprint density at radius 1 is 1.26 bits per heavy atom. The maximum absolute atomic E-state index is 11.6. The Morgan fingerprint density at radius 2 is 1.89 bits per heavy atom. The smallest absolute Gasteiger partial charge is 0.315 e. The van der Waals surface area contributed by atoms with Crippen LogP contribution in [0.5, 0.6) is 0 Å². The molecule has 104 valence electrons. The summed E-state index contributed by atoms with van der Waals surface area (Å²) in [4.78, 5) is 22.3. The zero-order chi connectivity index (χ0) is 14.3. The van der Waals surface area contributed by atoms with Gasteiger partial charge in [-0.3, -0.25) is 4.79 Å². The lowest BCUT2D eigenvalue weighted by atomic mass is 10.0. The summed E-state index contributed by atoms with van der Waals surface area (Å²) in [6.07, 6.45) is 0.827. The number of urea groups is 1. The molecular formula is C14H20N2O3. The molecule has 0 spiro atoms. The minimum atomic E-state index is -0.878. The highest BCUT2D eigenvalue weighted by Gasteiger charge is 2.08. The van der Waals surface area contributed by atoms with Crippen LogP contribution >= 0.6 is 0 Å². The highest BCUT2D eigenvalue weighted by molar-refractivity contribution is 5.74. The third kappa shape index (κ3) is 5.42. The van der Waals surface area contributed by atoms with Crippen molar-refractivity contribution in [2.75, 3.05) is 0 Å². The average molecular weight is 264 g/mol. The first-order valence-corrected chi connectivity index (χ1v) is 6.35. The second-order valence-electron chi connectivity index (χ2n) is 4.48. The van der Waals surface area contributed by atoms with E-state index in [1.807, 2.05) is 26.0 Å². The van der Waals surface area contributed by atoms with E-state index >= 15 is 0 Å². The van der Waals surface area contributed by atoms with Crippen molar-refractivity contribution in [3.05, 3.63) is 35.4 Å². The number of aliphatic carboxylic acids is 1. The molecule has 0 saturated carbocycles. The van der Waals surface area contributed by atoms with Gasteiger partial charge in [0, 0.05) is 12.6 Å². The quantitative estimate of drug-likeness (QED) is 0.734. The number of carbonyl (C=O) groups excluding carboxylic acids is 1. The fraction of sp³-hybridized carbons (Fsp3) is 0.429. The van der Waals surface area contributed by atoms with Crippen molar-refractivity contribution < 1.29 is 14.7 Å². The van der Waals surface area contributed by atoms with Crippen molar-refractivity contribution in [1.29, 1.82) is 0 Å². The molecule has 0 fully saturated rings. The lowest BCUT2D eigenvalue weighted by molar-refractivity contribution is -0.136. The van der Waals surface area contributed by atoms with E-state index in [1.165, 1.54) is 0 Å². The Labute approximate surface area is 113 Å². The van der Waals surface area contributed by atoms with Crippen LogP contribution in [0, 0.1) is 0 Å². The monoisotopic (exact) mass is 264 g/mol. The molecule has 0 bridgehead atoms. The fourth-order valence-corrected chi connectivity index (χ4v) is 1.62. The lowest BCUT2D eigenvalue weighted by Crippen LogP contribution is -2.40. The number of carboxylic acids is 1. The van der Waals surface area contributed by atoms with Crippen LogP contribution in [0.25, 0.3) is 0 Å². The lowest BCUT2D eigenvalue weighted by Gasteiger charge is -2.13. The van der Waals surface area contributed by atoms with Gasteiger partial charge in [-0.1, -0.05) is 31.2 Å². The second kappa shape index (κ2) is 7.41. The summed E-state index contributed by atoms with van der Waals surface area (Å²) in [5, 5.41) is 14.3. The number of benzene rings is 1. The molecule has 5 heteroatoms. The van der Waals surface area contributed by atoms with Crippen molar-refractivity contribution in [2.45, 2.75) is 39.3 Å². The van der Waals surface area contributed by atoms with Crippen molar-refractivity contribution in [1.82, 2.24) is 10.6 Å². The first-order valence-electron chi connectivity index (χ1n) is 6.35. The van der Waals surface area contributed by atoms with Gasteiger partial charge in [-0.05, 0) is 24.5 Å². The summed E-state index contributed by atoms with van der Waals surface area (Å²) in [5.41, 5.74) is 1.54. The van der Waals surface area contributed by atoms with E-state index in [0.29, 0.717) is 6.54 Å². The largest absolute Gasteiger partial charge is 0.481 e. The molecular weight excluding hydrogens is 244 g/mol. The van der Waals surface area contributed by atoms with Gasteiger partial charge in [-0.25, -0.2) is 4.79 Å². The molecule has 0 aliphatic carbocycles. The summed E-state index contributed by atoms with van der Waals surface area (Å²) in [6, 6.07) is 7.09. The predicted octanol–water partition coefficient (Wildman–Crippen LogP) is 1.91. The zero-order valence-electron chi connectivity index (χ0n) is 11.3. The number of amides is 2. The van der Waals surface area contributed by atoms with Gasteiger partial charge in [0.25, 0.3) is 0 Å². The van der Waals surface area contributed by atoms with Crippen LogP contribution < -0.4 is 10.6 Å². The number of hydrogen-bond donors (Lipinski definition) is 3. The Kier molecular flexibility index (Phi) is 5.85. The first kappa shape index (κ1) is 15.0. The predicted molar refractivity (Wildman–Crippen MR) is 72.9 cm³/mol. The Bertz CT molecular complexity index is 446. The van der Waals surface area contributed by atoms with E-state index in [-0.39, 0.29) is 18.5 Å². The summed E-state index contributed by atoms with van der Waals surface area (Å²) in [6.45, 7) is 4.25. The molecule has 1 aromatic rings. The molecule has 2 amide bonds. The molecule has 0 aliphatic heterocycles. The van der Waals surface area contributed by atoms with Gasteiger partial charge in [-0.2, -0.15) is 0 Å². The third-order valence-corrected chi connectivity index (χ3v) is 2.89. The number of rotatable bonds is 6. The first-order chi connectivity index (χ1) is 9.02. The molecule has 5 nitrogen and oxygen atoms in total. The van der Waals surface area contributed by atoms with E-state index in [1.54, 1.807) is 12.1 Å². The Morgan fingerprint density at radius 3 is 2.47 bits per heavy atom. The van der Waals surface area contributed by atoms with Crippen LogP contribution in [0.3, 0.4) is 0 Å². The van der Waals surface area contributed by atoms with E-state index in [2.05, 4.69) is 10.6 Å². The van der Waals surface area contributed by atoms with Crippen LogP contribution in [0.2, 0.25) is 0 Å². The molecule has 1 unspecified atom stereocenters. The van der Waals surface area contributed by atoms with Gasteiger partial charge in [-0.15, -0.1) is 0 Å². The topological polar surface area (TPSA) is 78.4 Å². The number of nitrogens with one attached hydrogen (secondary N) is 2. The van der Waals surface area contributed by atoms with E-state index in [9.17, 15) is 9.59 Å². The SMILES string of the molecule is CCC(C)NC(=O)NCc1ccccc1CC(=O)O. The van der Waals surface area contributed by atoms with Crippen molar-refractivity contribution in [3.8, 4) is 0 Å². The van der Waals surface area contributed by atoms with Gasteiger partial charge in [0.2, 0.25) is 0 Å². The molecule has 0 aliphatic rings. The van der Waals surface area contributed by atoms with Gasteiger partial charge < -0.3 is 15.7 Å². The molecule has 1 atom stereocenters. The fourth-order valence-electron chi connectivity index (χ4n) is 1.62. The summed E-state index contributed by atoms with van der Waals surface area (Å²) in [7, 11) is 0. The molecule has 0 saturated heterocycles. The molecule has 1 aromatic carbocycles. The van der Waals surface area contributed by atoms with Gasteiger partial charge in [0.05, 0.1) is 6.42 Å². The molecule has 1 rings (SSSR count). The molecule has 0 heterocycles. The Hall–Kier alpha value is -2.04. The maximum atomic E-state index is 11.6. The van der Waals surface area contributed by atoms with Gasteiger partial charge >= 0.3 is 12.0 Å². The molecule has 0 aromatic heterocycles. The molecule has 3 N–H and O–H groups in total. The van der Waals surface area contributed by atoms with Crippen molar-refractivity contribution >= 4 is 12.0 Å². The van der Waals surface area contributed by atoms with E-state index < -0.39 is 5.97 Å². The third-order valence-electron chi connectivity index (χ3n) is 2.89.